The molecule has 4 nitrogen and oxygen atoms in total. The summed E-state index contributed by atoms with van der Waals surface area (Å²) in [4.78, 5) is 14.0. The number of hydrogen-bond acceptors (Lipinski definition) is 3. The molecular weight excluding hydrogens is 331 g/mol. The van der Waals surface area contributed by atoms with E-state index in [1.54, 1.807) is 0 Å². The number of alkyl halides is 1. The third-order valence-corrected chi connectivity index (χ3v) is 5.51. The first kappa shape index (κ1) is 17.0. The first-order chi connectivity index (χ1) is 12.7. The lowest BCUT2D eigenvalue weighted by Gasteiger charge is -2.36. The molecule has 0 bridgehead atoms. The molecule has 2 aromatic rings. The molecule has 0 aromatic heterocycles. The summed E-state index contributed by atoms with van der Waals surface area (Å²) in [5, 5.41) is 0. The fourth-order valence-electron chi connectivity index (χ4n) is 4.19. The van der Waals surface area contributed by atoms with E-state index in [9.17, 15) is 9.18 Å². The molecule has 2 N–H and O–H groups in total. The second kappa shape index (κ2) is 7.08. The highest BCUT2D eigenvalue weighted by Gasteiger charge is 2.35. The van der Waals surface area contributed by atoms with Gasteiger partial charge in [-0.25, -0.2) is 9.18 Å². The molecule has 4 rings (SSSR count). The van der Waals surface area contributed by atoms with Crippen LogP contribution in [0.15, 0.2) is 48.5 Å². The number of nitrogens with zero attached hydrogens (tertiary/aromatic N) is 1. The van der Waals surface area contributed by atoms with Gasteiger partial charge < -0.3 is 15.4 Å². The second-order valence-electron chi connectivity index (χ2n) is 6.96. The average Bonchev–Trinajstić information content (AvgIpc) is 3.00. The predicted octanol–water partition coefficient (Wildman–Crippen LogP) is 3.70. The zero-order chi connectivity index (χ0) is 18.1. The van der Waals surface area contributed by atoms with Crippen LogP contribution in [-0.4, -0.2) is 42.9 Å². The number of carbonyl (C=O) groups is 1. The van der Waals surface area contributed by atoms with E-state index < -0.39 is 18.3 Å². The van der Waals surface area contributed by atoms with Crippen LogP contribution in [0.3, 0.4) is 0 Å². The Morgan fingerprint density at radius 3 is 2.35 bits per heavy atom. The Kier molecular flexibility index (Phi) is 4.64. The van der Waals surface area contributed by atoms with Crippen molar-refractivity contribution in [2.75, 3.05) is 19.7 Å². The fourth-order valence-corrected chi connectivity index (χ4v) is 4.19. The molecule has 2 atom stereocenters. The van der Waals surface area contributed by atoms with Gasteiger partial charge in [0.25, 0.3) is 0 Å². The average molecular weight is 354 g/mol. The molecule has 26 heavy (non-hydrogen) atoms. The third-order valence-electron chi connectivity index (χ3n) is 5.51. The van der Waals surface area contributed by atoms with Gasteiger partial charge in [0.2, 0.25) is 0 Å². The molecule has 1 fully saturated rings. The summed E-state index contributed by atoms with van der Waals surface area (Å²) in [5.41, 5.74) is 10.4. The van der Waals surface area contributed by atoms with E-state index in [0.717, 1.165) is 0 Å². The van der Waals surface area contributed by atoms with E-state index >= 15 is 0 Å². The number of nitrogens with two attached hydrogens (primary N) is 1. The molecule has 2 unspecified atom stereocenters. The number of carbonyl (C=O) groups excluding carboxylic acids is 1. The molecule has 0 radical (unpaired) electrons. The van der Waals surface area contributed by atoms with E-state index in [2.05, 4.69) is 24.3 Å². The Morgan fingerprint density at radius 1 is 1.12 bits per heavy atom. The van der Waals surface area contributed by atoms with Gasteiger partial charge in [0, 0.05) is 19.0 Å². The van der Waals surface area contributed by atoms with Gasteiger partial charge in [-0.05, 0) is 35.1 Å². The Balaban J connectivity index is 1.52. The zero-order valence-electron chi connectivity index (χ0n) is 14.6. The lowest BCUT2D eigenvalue weighted by molar-refractivity contribution is 0.0423. The highest BCUT2D eigenvalue weighted by atomic mass is 19.1. The fraction of sp³-hybridized carbons (Fsp3) is 0.381. The van der Waals surface area contributed by atoms with Crippen LogP contribution in [0.4, 0.5) is 9.18 Å². The van der Waals surface area contributed by atoms with Crippen molar-refractivity contribution in [3.05, 3.63) is 59.7 Å². The first-order valence-electron chi connectivity index (χ1n) is 9.16. The molecule has 1 aliphatic heterocycles. The van der Waals surface area contributed by atoms with Gasteiger partial charge >= 0.3 is 6.09 Å². The zero-order valence-corrected chi connectivity index (χ0v) is 14.6. The molecular formula is C21H23FN2O2. The van der Waals surface area contributed by atoms with E-state index in [-0.39, 0.29) is 19.1 Å². The quantitative estimate of drug-likeness (QED) is 0.914. The normalized spacial score (nSPS) is 22.0. The summed E-state index contributed by atoms with van der Waals surface area (Å²) < 4.78 is 19.7. The molecule has 1 saturated heterocycles. The minimum Gasteiger partial charge on any atom is -0.448 e. The van der Waals surface area contributed by atoms with Crippen molar-refractivity contribution in [1.29, 1.82) is 0 Å². The number of fused-ring (bicyclic) bond motifs is 3. The Labute approximate surface area is 152 Å². The van der Waals surface area contributed by atoms with Crippen LogP contribution in [0.1, 0.15) is 29.9 Å². The van der Waals surface area contributed by atoms with E-state index in [0.29, 0.717) is 19.4 Å². The van der Waals surface area contributed by atoms with Gasteiger partial charge in [-0.15, -0.1) is 0 Å². The topological polar surface area (TPSA) is 55.6 Å². The lowest BCUT2D eigenvalue weighted by atomic mass is 9.98. The Bertz CT molecular complexity index is 765. The molecule has 1 heterocycles. The largest absolute Gasteiger partial charge is 0.448 e. The van der Waals surface area contributed by atoms with Crippen molar-refractivity contribution in [2.24, 2.45) is 5.73 Å². The number of amides is 1. The molecule has 0 spiro atoms. The number of hydrogen-bond donors (Lipinski definition) is 1. The van der Waals surface area contributed by atoms with Crippen molar-refractivity contribution in [3.63, 3.8) is 0 Å². The van der Waals surface area contributed by atoms with Crippen molar-refractivity contribution in [2.45, 2.75) is 31.0 Å². The van der Waals surface area contributed by atoms with E-state index in [1.165, 1.54) is 27.2 Å². The van der Waals surface area contributed by atoms with Crippen LogP contribution in [0.5, 0.6) is 0 Å². The predicted molar refractivity (Wildman–Crippen MR) is 98.7 cm³/mol. The SMILES string of the molecule is NCC1C(F)CCCN1C(=O)OCC1c2ccccc2-c2ccccc21. The van der Waals surface area contributed by atoms with Gasteiger partial charge in [0.15, 0.2) is 0 Å². The smallest absolute Gasteiger partial charge is 0.410 e. The van der Waals surface area contributed by atoms with Gasteiger partial charge in [-0.1, -0.05) is 48.5 Å². The maximum Gasteiger partial charge on any atom is 0.410 e. The van der Waals surface area contributed by atoms with Gasteiger partial charge in [0.05, 0.1) is 6.04 Å². The standard InChI is InChI=1S/C21H23FN2O2/c22-19-10-5-11-24(20(19)12-23)21(25)26-13-18-16-8-3-1-6-14(16)15-7-2-4-9-17(15)18/h1-4,6-9,18-20H,5,10-13,23H2. The third kappa shape index (κ3) is 2.86. The van der Waals surface area contributed by atoms with Crippen molar-refractivity contribution in [3.8, 4) is 11.1 Å². The van der Waals surface area contributed by atoms with Crippen LogP contribution in [-0.2, 0) is 4.74 Å². The van der Waals surface area contributed by atoms with Crippen molar-refractivity contribution < 1.29 is 13.9 Å². The highest BCUT2D eigenvalue weighted by Crippen LogP contribution is 2.44. The van der Waals surface area contributed by atoms with Crippen LogP contribution in [0.2, 0.25) is 0 Å². The molecule has 1 aliphatic carbocycles. The van der Waals surface area contributed by atoms with Crippen LogP contribution in [0, 0.1) is 0 Å². The summed E-state index contributed by atoms with van der Waals surface area (Å²) in [6, 6.07) is 15.8. The number of likely N-dealkylation sites (tertiary alicyclic amines) is 1. The summed E-state index contributed by atoms with van der Waals surface area (Å²) in [6.07, 6.45) is -0.449. The molecule has 136 valence electrons. The van der Waals surface area contributed by atoms with Crippen LogP contribution >= 0.6 is 0 Å². The molecule has 2 aliphatic rings. The molecule has 5 heteroatoms. The van der Waals surface area contributed by atoms with Gasteiger partial charge in [-0.3, -0.25) is 0 Å². The number of rotatable bonds is 3. The van der Waals surface area contributed by atoms with Crippen LogP contribution in [0.25, 0.3) is 11.1 Å². The number of piperidine rings is 1. The minimum atomic E-state index is -1.07. The lowest BCUT2D eigenvalue weighted by Crippen LogP contribution is -2.53. The number of ether oxygens (including phenoxy) is 1. The monoisotopic (exact) mass is 354 g/mol. The molecule has 1 amide bonds. The molecule has 0 saturated carbocycles. The first-order valence-corrected chi connectivity index (χ1v) is 9.16. The highest BCUT2D eigenvalue weighted by molar-refractivity contribution is 5.79. The number of halogens is 1. The van der Waals surface area contributed by atoms with Gasteiger partial charge in [0.1, 0.15) is 12.8 Å². The Morgan fingerprint density at radius 2 is 1.73 bits per heavy atom. The van der Waals surface area contributed by atoms with Crippen molar-refractivity contribution >= 4 is 6.09 Å². The summed E-state index contributed by atoms with van der Waals surface area (Å²) in [5.74, 6) is 0.00800. The van der Waals surface area contributed by atoms with E-state index in [1.807, 2.05) is 24.3 Å². The molecule has 2 aromatic carbocycles. The second-order valence-corrected chi connectivity index (χ2v) is 6.96. The Hall–Kier alpha value is -2.40. The van der Waals surface area contributed by atoms with Crippen molar-refractivity contribution in [1.82, 2.24) is 4.90 Å². The maximum atomic E-state index is 14.1. The van der Waals surface area contributed by atoms with Crippen LogP contribution < -0.4 is 5.73 Å². The summed E-state index contributed by atoms with van der Waals surface area (Å²) in [7, 11) is 0. The summed E-state index contributed by atoms with van der Waals surface area (Å²) >= 11 is 0. The van der Waals surface area contributed by atoms with Gasteiger partial charge in [-0.2, -0.15) is 0 Å². The summed E-state index contributed by atoms with van der Waals surface area (Å²) in [6.45, 7) is 0.863. The van der Waals surface area contributed by atoms with E-state index in [4.69, 9.17) is 10.5 Å². The minimum absolute atomic E-state index is 0.00800. The number of benzene rings is 2. The maximum absolute atomic E-state index is 14.1.